The highest BCUT2D eigenvalue weighted by Gasteiger charge is 2.36. The van der Waals surface area contributed by atoms with Crippen LogP contribution in [0.1, 0.15) is 37.3 Å². The average Bonchev–Trinajstić information content (AvgIpc) is 2.85. The highest BCUT2D eigenvalue weighted by molar-refractivity contribution is 5.85. The van der Waals surface area contributed by atoms with Gasteiger partial charge in [-0.25, -0.2) is 19.5 Å². The number of anilines is 1. The lowest BCUT2D eigenvalue weighted by atomic mass is 10.1. The van der Waals surface area contributed by atoms with Gasteiger partial charge in [-0.05, 0) is 30.0 Å². The second kappa shape index (κ2) is 11.6. The van der Waals surface area contributed by atoms with E-state index in [0.717, 1.165) is 31.5 Å². The van der Waals surface area contributed by atoms with Crippen LogP contribution in [0.4, 0.5) is 36.4 Å². The van der Waals surface area contributed by atoms with Crippen molar-refractivity contribution in [3.63, 3.8) is 0 Å². The Kier molecular flexibility index (Phi) is 8.71. The quantitative estimate of drug-likeness (QED) is 0.258. The van der Waals surface area contributed by atoms with Crippen molar-refractivity contribution in [2.45, 2.75) is 45.1 Å². The van der Waals surface area contributed by atoms with Gasteiger partial charge in [0.25, 0.3) is 11.1 Å². The number of nitrogens with zero attached hydrogens (tertiary/aromatic N) is 4. The summed E-state index contributed by atoms with van der Waals surface area (Å²) in [5.41, 5.74) is 0.123. The van der Waals surface area contributed by atoms with Gasteiger partial charge in [0.15, 0.2) is 5.82 Å². The number of alkyl halides is 6. The van der Waals surface area contributed by atoms with Gasteiger partial charge in [0.05, 0.1) is 28.4 Å². The molecule has 3 aromatic heterocycles. The van der Waals surface area contributed by atoms with Crippen molar-refractivity contribution < 1.29 is 30.7 Å². The normalized spacial score (nSPS) is 11.8. The summed E-state index contributed by atoms with van der Waals surface area (Å²) in [7, 11) is 0. The fourth-order valence-electron chi connectivity index (χ4n) is 3.50. The minimum Gasteiger partial charge on any atom is -0.397 e. The number of H-pyrrole nitrogens is 1. The fourth-order valence-corrected chi connectivity index (χ4v) is 3.50. The summed E-state index contributed by atoms with van der Waals surface area (Å²) in [6, 6.07) is 4.14. The number of halogens is 7. The number of hydrogen-bond acceptors (Lipinski definition) is 6. The molecule has 8 nitrogen and oxygen atoms in total. The maximum Gasteiger partial charge on any atom is 0.423 e. The van der Waals surface area contributed by atoms with Crippen molar-refractivity contribution in [3.05, 3.63) is 80.6 Å². The lowest BCUT2D eigenvalue weighted by molar-refractivity contribution is -0.138. The predicted octanol–water partition coefficient (Wildman–Crippen LogP) is 5.18. The van der Waals surface area contributed by atoms with Crippen LogP contribution in [0.3, 0.4) is 0 Å². The van der Waals surface area contributed by atoms with Crippen LogP contribution in [0.5, 0.6) is 0 Å². The van der Waals surface area contributed by atoms with Gasteiger partial charge < -0.3 is 10.3 Å². The van der Waals surface area contributed by atoms with Crippen molar-refractivity contribution >= 4 is 16.5 Å². The van der Waals surface area contributed by atoms with Crippen LogP contribution in [-0.4, -0.2) is 24.7 Å². The zero-order chi connectivity index (χ0) is 29.0. The third kappa shape index (κ3) is 6.97. The molecule has 0 fully saturated rings. The molecule has 0 saturated carbocycles. The molecule has 0 aliphatic carbocycles. The maximum absolute atomic E-state index is 14.5. The third-order valence-electron chi connectivity index (χ3n) is 5.46. The molecule has 0 saturated heterocycles. The van der Waals surface area contributed by atoms with Gasteiger partial charge in [0, 0.05) is 25.1 Å². The van der Waals surface area contributed by atoms with Crippen LogP contribution >= 0.6 is 0 Å². The van der Waals surface area contributed by atoms with E-state index in [2.05, 4.69) is 22.0 Å². The lowest BCUT2D eigenvalue weighted by Crippen LogP contribution is -2.24. The number of nitrogens with one attached hydrogen (secondary N) is 1. The van der Waals surface area contributed by atoms with Gasteiger partial charge in [-0.3, -0.25) is 9.59 Å². The summed E-state index contributed by atoms with van der Waals surface area (Å²) < 4.78 is 89.8. The molecule has 0 aliphatic heterocycles. The van der Waals surface area contributed by atoms with Crippen LogP contribution < -0.4 is 16.9 Å². The van der Waals surface area contributed by atoms with Crippen LogP contribution in [-0.2, 0) is 18.9 Å². The molecule has 0 spiro atoms. The van der Waals surface area contributed by atoms with Crippen LogP contribution in [0.2, 0.25) is 0 Å². The number of aromatic nitrogens is 5. The molecule has 15 heteroatoms. The minimum absolute atomic E-state index is 0.0562. The number of rotatable bonds is 5. The molecular weight excluding hydrogens is 537 g/mol. The largest absolute Gasteiger partial charge is 0.423 e. The number of hydrogen-bond donors (Lipinski definition) is 2. The lowest BCUT2D eigenvalue weighted by Gasteiger charge is -2.10. The first-order valence-electron chi connectivity index (χ1n) is 11.4. The number of fused-ring (bicyclic) bond motifs is 1. The maximum atomic E-state index is 14.5. The Balaban J connectivity index is 0.000000293. The number of unbranched alkanes of at least 4 members (excludes halogenated alkanes) is 2. The Hall–Kier alpha value is -4.30. The predicted molar refractivity (Wildman–Crippen MR) is 128 cm³/mol. The molecule has 3 N–H and O–H groups in total. The summed E-state index contributed by atoms with van der Waals surface area (Å²) >= 11 is 0. The van der Waals surface area contributed by atoms with Crippen LogP contribution in [0.15, 0.2) is 52.6 Å². The minimum atomic E-state index is -4.74. The summed E-state index contributed by atoms with van der Waals surface area (Å²) in [6.45, 7) is 2.61. The molecule has 208 valence electrons. The van der Waals surface area contributed by atoms with E-state index in [4.69, 9.17) is 5.73 Å². The second-order valence-electron chi connectivity index (χ2n) is 8.26. The van der Waals surface area contributed by atoms with Crippen LogP contribution in [0.25, 0.3) is 22.2 Å². The highest BCUT2D eigenvalue weighted by atomic mass is 19.4. The molecule has 4 rings (SSSR count). The van der Waals surface area contributed by atoms with Gasteiger partial charge in [-0.15, -0.1) is 0 Å². The first-order chi connectivity index (χ1) is 18.2. The van der Waals surface area contributed by atoms with Crippen molar-refractivity contribution in [2.24, 2.45) is 0 Å². The number of nitrogens with two attached hydrogens (primary N) is 1. The smallest absolute Gasteiger partial charge is 0.397 e. The molecule has 1 aromatic carbocycles. The number of aromatic amines is 1. The van der Waals surface area contributed by atoms with Gasteiger partial charge in [-0.2, -0.15) is 31.4 Å². The fraction of sp³-hybridized carbons (Fsp3) is 0.292. The molecule has 0 unspecified atom stereocenters. The number of nitrogen functional groups attached to an aromatic ring is 1. The van der Waals surface area contributed by atoms with E-state index >= 15 is 0 Å². The average molecular weight is 558 g/mol. The zero-order valence-corrected chi connectivity index (χ0v) is 20.2. The number of benzene rings is 1. The molecule has 0 radical (unpaired) electrons. The van der Waals surface area contributed by atoms with E-state index in [1.54, 1.807) is 17.4 Å². The Morgan fingerprint density at radius 1 is 0.974 bits per heavy atom. The molecule has 0 aliphatic rings. The Morgan fingerprint density at radius 3 is 2.18 bits per heavy atom. The molecule has 3 heterocycles. The van der Waals surface area contributed by atoms with E-state index in [-0.39, 0.29) is 22.3 Å². The standard InChI is InChI=1S/C19H17F4N3O.C5H4F3N3O/c1-2-3-4-6-26-7-5-12-8-15(16(20)9-14(12)18(26)27)17-24-10-13(11-25-17)19(21,22)23;6-5(7,8)3-2(9)1-10-11-4(3)12/h5,7-11H,2-4,6H2,1H3;1H,(H3,9,11,12). The zero-order valence-electron chi connectivity index (χ0n) is 20.2. The summed E-state index contributed by atoms with van der Waals surface area (Å²) in [6.07, 6.45) is -2.85. The van der Waals surface area contributed by atoms with Gasteiger partial charge in [0.1, 0.15) is 11.4 Å². The van der Waals surface area contributed by atoms with E-state index in [1.807, 2.05) is 0 Å². The van der Waals surface area contributed by atoms with Gasteiger partial charge >= 0.3 is 12.4 Å². The van der Waals surface area contributed by atoms with E-state index in [1.165, 1.54) is 10.6 Å². The number of aryl methyl sites for hydroxylation is 1. The molecule has 0 atom stereocenters. The van der Waals surface area contributed by atoms with E-state index in [9.17, 15) is 40.3 Å². The van der Waals surface area contributed by atoms with Gasteiger partial charge in [0.2, 0.25) is 0 Å². The third-order valence-corrected chi connectivity index (χ3v) is 5.46. The molecule has 0 bridgehead atoms. The summed E-state index contributed by atoms with van der Waals surface area (Å²) in [4.78, 5) is 30.3. The number of pyridine rings is 1. The summed E-state index contributed by atoms with van der Waals surface area (Å²) in [5, 5.41) is 5.43. The monoisotopic (exact) mass is 558 g/mol. The van der Waals surface area contributed by atoms with Crippen LogP contribution in [0, 0.1) is 5.82 Å². The van der Waals surface area contributed by atoms with Gasteiger partial charge in [-0.1, -0.05) is 19.8 Å². The highest BCUT2D eigenvalue weighted by Crippen LogP contribution is 2.30. The second-order valence-corrected chi connectivity index (χ2v) is 8.26. The molecular formula is C24H21F7N6O2. The van der Waals surface area contributed by atoms with E-state index in [0.29, 0.717) is 24.3 Å². The molecule has 0 amide bonds. The van der Waals surface area contributed by atoms with E-state index < -0.39 is 40.5 Å². The SMILES string of the molecule is CCCCCn1ccc2cc(-c3ncc(C(F)(F)F)cn3)c(F)cc2c1=O.Nc1cn[nH]c(=O)c1C(F)(F)F. The van der Waals surface area contributed by atoms with Crippen molar-refractivity contribution in [2.75, 3.05) is 5.73 Å². The summed E-state index contributed by atoms with van der Waals surface area (Å²) in [5.74, 6) is -0.930. The first-order valence-corrected chi connectivity index (χ1v) is 11.4. The topological polar surface area (TPSA) is 120 Å². The molecule has 39 heavy (non-hydrogen) atoms. The molecule has 4 aromatic rings. The first kappa shape index (κ1) is 29.3. The Bertz CT molecular complexity index is 1560. The van der Waals surface area contributed by atoms with Crippen molar-refractivity contribution in [3.8, 4) is 11.4 Å². The Labute approximate surface area is 215 Å². The Morgan fingerprint density at radius 2 is 1.64 bits per heavy atom. The van der Waals surface area contributed by atoms with Crippen molar-refractivity contribution in [1.29, 1.82) is 0 Å². The van der Waals surface area contributed by atoms with Crippen molar-refractivity contribution in [1.82, 2.24) is 24.7 Å².